The van der Waals surface area contributed by atoms with Crippen molar-refractivity contribution in [3.8, 4) is 22.3 Å². The largest absolute Gasteiger partial charge is 0.0990 e. The molecule has 0 aliphatic heterocycles. The highest BCUT2D eigenvalue weighted by Gasteiger charge is 2.09. The van der Waals surface area contributed by atoms with Gasteiger partial charge in [0.25, 0.3) is 0 Å². The summed E-state index contributed by atoms with van der Waals surface area (Å²) in [5, 5.41) is 0. The summed E-state index contributed by atoms with van der Waals surface area (Å²) in [6, 6.07) is 27.7. The quantitative estimate of drug-likeness (QED) is 0.437. The molecule has 0 heterocycles. The SMILES string of the molecule is C=C/C=C(\C(=C)C)c1cc(-c2ccccc2)cc(-c2ccccc2)c1. The molecule has 0 spiro atoms. The molecule has 3 rings (SSSR count). The predicted octanol–water partition coefficient (Wildman–Crippen LogP) is 7.17. The molecule has 0 saturated heterocycles. The summed E-state index contributed by atoms with van der Waals surface area (Å²) >= 11 is 0. The normalized spacial score (nSPS) is 11.2. The van der Waals surface area contributed by atoms with E-state index in [0.29, 0.717) is 0 Å². The zero-order valence-corrected chi connectivity index (χ0v) is 14.6. The van der Waals surface area contributed by atoms with Crippen LogP contribution in [0.1, 0.15) is 12.5 Å². The second-order valence-corrected chi connectivity index (χ2v) is 6.13. The number of allylic oxidation sites excluding steroid dienone is 4. The zero-order chi connectivity index (χ0) is 17.6. The molecule has 3 aromatic rings. The fourth-order valence-electron chi connectivity index (χ4n) is 2.98. The summed E-state index contributed by atoms with van der Waals surface area (Å²) in [5.41, 5.74) is 8.13. The fourth-order valence-corrected chi connectivity index (χ4v) is 2.98. The first-order valence-electron chi connectivity index (χ1n) is 8.44. The van der Waals surface area contributed by atoms with Gasteiger partial charge in [-0.15, -0.1) is 0 Å². The molecule has 0 unspecified atom stereocenters. The molecule has 0 N–H and O–H groups in total. The summed E-state index contributed by atoms with van der Waals surface area (Å²) in [6.07, 6.45) is 3.85. The average molecular weight is 322 g/mol. The van der Waals surface area contributed by atoms with E-state index in [0.717, 1.165) is 16.7 Å². The molecular formula is C25H22. The monoisotopic (exact) mass is 322 g/mol. The third-order valence-electron chi connectivity index (χ3n) is 4.20. The Balaban J connectivity index is 2.23. The van der Waals surface area contributed by atoms with E-state index in [-0.39, 0.29) is 0 Å². The van der Waals surface area contributed by atoms with E-state index >= 15 is 0 Å². The Kier molecular flexibility index (Phi) is 5.11. The van der Waals surface area contributed by atoms with Crippen LogP contribution in [0.3, 0.4) is 0 Å². The first-order chi connectivity index (χ1) is 12.2. The zero-order valence-electron chi connectivity index (χ0n) is 14.6. The maximum absolute atomic E-state index is 4.14. The molecule has 0 saturated carbocycles. The molecule has 0 aromatic heterocycles. The highest BCUT2D eigenvalue weighted by atomic mass is 14.1. The maximum atomic E-state index is 4.14. The Hall–Kier alpha value is -3.12. The van der Waals surface area contributed by atoms with Crippen LogP contribution in [-0.4, -0.2) is 0 Å². The van der Waals surface area contributed by atoms with Crippen LogP contribution in [0.4, 0.5) is 0 Å². The summed E-state index contributed by atoms with van der Waals surface area (Å²) < 4.78 is 0. The summed E-state index contributed by atoms with van der Waals surface area (Å²) in [7, 11) is 0. The third kappa shape index (κ3) is 3.87. The molecule has 0 fully saturated rings. The van der Waals surface area contributed by atoms with Gasteiger partial charge in [0.15, 0.2) is 0 Å². The number of rotatable bonds is 5. The van der Waals surface area contributed by atoms with Crippen molar-refractivity contribution >= 4 is 5.57 Å². The molecule has 0 radical (unpaired) electrons. The van der Waals surface area contributed by atoms with Crippen LogP contribution in [0.15, 0.2) is 110 Å². The van der Waals surface area contributed by atoms with Gasteiger partial charge in [0.2, 0.25) is 0 Å². The Bertz CT molecular complexity index is 855. The van der Waals surface area contributed by atoms with E-state index < -0.39 is 0 Å². The van der Waals surface area contributed by atoms with Gasteiger partial charge in [0, 0.05) is 0 Å². The first kappa shape index (κ1) is 16.7. The average Bonchev–Trinajstić information content (AvgIpc) is 2.67. The van der Waals surface area contributed by atoms with E-state index in [1.165, 1.54) is 22.3 Å². The Labute approximate surface area is 150 Å². The molecule has 0 atom stereocenters. The molecule has 0 nitrogen and oxygen atoms in total. The number of hydrogen-bond donors (Lipinski definition) is 0. The maximum Gasteiger partial charge on any atom is -0.0160 e. The lowest BCUT2D eigenvalue weighted by molar-refractivity contribution is 1.50. The highest BCUT2D eigenvalue weighted by Crippen LogP contribution is 2.32. The van der Waals surface area contributed by atoms with Gasteiger partial charge in [0.05, 0.1) is 0 Å². The molecule has 0 aliphatic carbocycles. The van der Waals surface area contributed by atoms with Gasteiger partial charge in [0.1, 0.15) is 0 Å². The van der Waals surface area contributed by atoms with Crippen molar-refractivity contribution in [2.45, 2.75) is 6.92 Å². The molecule has 3 aromatic carbocycles. The number of hydrogen-bond acceptors (Lipinski definition) is 0. The molecule has 0 heteroatoms. The van der Waals surface area contributed by atoms with Crippen LogP contribution in [0.5, 0.6) is 0 Å². The lowest BCUT2D eigenvalue weighted by atomic mass is 9.91. The summed E-state index contributed by atoms with van der Waals surface area (Å²) in [4.78, 5) is 0. The van der Waals surface area contributed by atoms with Crippen molar-refractivity contribution in [3.63, 3.8) is 0 Å². The Morgan fingerprint density at radius 3 is 1.60 bits per heavy atom. The predicted molar refractivity (Wildman–Crippen MR) is 110 cm³/mol. The third-order valence-corrected chi connectivity index (χ3v) is 4.20. The minimum Gasteiger partial charge on any atom is -0.0990 e. The van der Waals surface area contributed by atoms with Crippen molar-refractivity contribution in [2.24, 2.45) is 0 Å². The van der Waals surface area contributed by atoms with Crippen LogP contribution >= 0.6 is 0 Å². The molecule has 0 bridgehead atoms. The summed E-state index contributed by atoms with van der Waals surface area (Å²) in [5.74, 6) is 0. The van der Waals surface area contributed by atoms with Gasteiger partial charge in [-0.2, -0.15) is 0 Å². The van der Waals surface area contributed by atoms with E-state index in [2.05, 4.69) is 79.9 Å². The summed E-state index contributed by atoms with van der Waals surface area (Å²) in [6.45, 7) is 10.0. The lowest BCUT2D eigenvalue weighted by Gasteiger charge is -2.13. The topological polar surface area (TPSA) is 0 Å². The van der Waals surface area contributed by atoms with Crippen molar-refractivity contribution in [1.82, 2.24) is 0 Å². The first-order valence-corrected chi connectivity index (χ1v) is 8.44. The number of benzene rings is 3. The van der Waals surface area contributed by atoms with Crippen LogP contribution in [0, 0.1) is 0 Å². The van der Waals surface area contributed by atoms with Gasteiger partial charge >= 0.3 is 0 Å². The molecular weight excluding hydrogens is 300 g/mol. The standard InChI is InChI=1S/C25H22/c1-4-11-25(19(2)3)24-17-22(20-12-7-5-8-13-20)16-23(18-24)21-14-9-6-10-15-21/h4-18H,1-2H2,3H3/b25-11+. The van der Waals surface area contributed by atoms with Gasteiger partial charge in [-0.1, -0.05) is 91.5 Å². The highest BCUT2D eigenvalue weighted by molar-refractivity contribution is 5.85. The Morgan fingerprint density at radius 2 is 1.20 bits per heavy atom. The van der Waals surface area contributed by atoms with Crippen molar-refractivity contribution in [2.75, 3.05) is 0 Å². The van der Waals surface area contributed by atoms with Crippen molar-refractivity contribution < 1.29 is 0 Å². The fraction of sp³-hybridized carbons (Fsp3) is 0.0400. The Morgan fingerprint density at radius 1 is 0.720 bits per heavy atom. The van der Waals surface area contributed by atoms with Gasteiger partial charge in [-0.25, -0.2) is 0 Å². The van der Waals surface area contributed by atoms with Crippen LogP contribution < -0.4 is 0 Å². The van der Waals surface area contributed by atoms with Gasteiger partial charge in [-0.3, -0.25) is 0 Å². The van der Waals surface area contributed by atoms with Gasteiger partial charge in [-0.05, 0) is 58.5 Å². The molecule has 25 heavy (non-hydrogen) atoms. The van der Waals surface area contributed by atoms with E-state index in [4.69, 9.17) is 0 Å². The molecule has 0 aliphatic rings. The molecule has 0 amide bonds. The van der Waals surface area contributed by atoms with Crippen molar-refractivity contribution in [3.05, 3.63) is 115 Å². The minimum atomic E-state index is 1.03. The van der Waals surface area contributed by atoms with Crippen LogP contribution in [-0.2, 0) is 0 Å². The second-order valence-electron chi connectivity index (χ2n) is 6.13. The van der Waals surface area contributed by atoms with Crippen LogP contribution in [0.2, 0.25) is 0 Å². The van der Waals surface area contributed by atoms with Crippen LogP contribution in [0.25, 0.3) is 27.8 Å². The van der Waals surface area contributed by atoms with E-state index in [9.17, 15) is 0 Å². The lowest BCUT2D eigenvalue weighted by Crippen LogP contribution is -1.90. The van der Waals surface area contributed by atoms with E-state index in [1.807, 2.05) is 31.2 Å². The van der Waals surface area contributed by atoms with Gasteiger partial charge < -0.3 is 0 Å². The minimum absolute atomic E-state index is 1.03. The molecule has 122 valence electrons. The second kappa shape index (κ2) is 7.63. The van der Waals surface area contributed by atoms with Crippen molar-refractivity contribution in [1.29, 1.82) is 0 Å². The van der Waals surface area contributed by atoms with E-state index in [1.54, 1.807) is 0 Å². The smallest absolute Gasteiger partial charge is 0.0160 e.